The van der Waals surface area contributed by atoms with Gasteiger partial charge in [0.05, 0.1) is 13.6 Å². The molecule has 0 aromatic carbocycles. The zero-order valence-electron chi connectivity index (χ0n) is 13.7. The molecule has 0 amide bonds. The molecule has 22 heavy (non-hydrogen) atoms. The molecular formula is C15H31N3O3P+. The summed E-state index contributed by atoms with van der Waals surface area (Å²) in [7, 11) is -1.84. The quantitative estimate of drug-likeness (QED) is 0.331. The highest BCUT2D eigenvalue weighted by molar-refractivity contribution is 7.51. The van der Waals surface area contributed by atoms with Crippen molar-refractivity contribution < 1.29 is 18.9 Å². The molecule has 0 spiro atoms. The minimum absolute atomic E-state index is 0.0436. The first-order valence-corrected chi connectivity index (χ1v) is 10.2. The molecule has 6 nitrogen and oxygen atoms in total. The fourth-order valence-electron chi connectivity index (χ4n) is 2.56. The van der Waals surface area contributed by atoms with E-state index in [1.165, 1.54) is 44.9 Å². The minimum atomic E-state index is -3.77. The second-order valence-corrected chi connectivity index (χ2v) is 7.86. The molecular weight excluding hydrogens is 301 g/mol. The molecule has 2 N–H and O–H groups in total. The number of hydrogen-bond acceptors (Lipinski definition) is 2. The standard InChI is InChI=1S/C15H30N3O3P/c1-17-15-18(14-16-17)12-10-8-6-4-2-3-5-7-9-11-13-22(19,20)21/h14-15H,2-13H2,1H3,(H-,19,20,21)/p+1. The summed E-state index contributed by atoms with van der Waals surface area (Å²) in [4.78, 5) is 17.5. The maximum Gasteiger partial charge on any atom is 0.325 e. The Bertz CT molecular complexity index is 445. The average molecular weight is 332 g/mol. The predicted molar refractivity (Wildman–Crippen MR) is 86.5 cm³/mol. The maximum absolute atomic E-state index is 10.7. The van der Waals surface area contributed by atoms with Gasteiger partial charge in [-0.25, -0.2) is 4.57 Å². The first-order chi connectivity index (χ1) is 10.5. The number of nitrogens with zero attached hydrogens (tertiary/aromatic N) is 3. The van der Waals surface area contributed by atoms with Crippen LogP contribution in [0.3, 0.4) is 0 Å². The summed E-state index contributed by atoms with van der Waals surface area (Å²) in [5, 5.41) is 4.14. The van der Waals surface area contributed by atoms with Gasteiger partial charge < -0.3 is 9.79 Å². The molecule has 1 rings (SSSR count). The molecule has 0 saturated heterocycles. The lowest BCUT2D eigenvalue weighted by atomic mass is 10.1. The van der Waals surface area contributed by atoms with E-state index in [0.29, 0.717) is 6.42 Å². The summed E-state index contributed by atoms with van der Waals surface area (Å²) in [5.41, 5.74) is 0. The molecule has 0 atom stereocenters. The fraction of sp³-hybridized carbons (Fsp3) is 0.867. The van der Waals surface area contributed by atoms with E-state index in [1.54, 1.807) is 0 Å². The Morgan fingerprint density at radius 3 is 1.91 bits per heavy atom. The van der Waals surface area contributed by atoms with Gasteiger partial charge in [0.15, 0.2) is 0 Å². The van der Waals surface area contributed by atoms with E-state index in [0.717, 1.165) is 19.4 Å². The molecule has 0 bridgehead atoms. The van der Waals surface area contributed by atoms with Crippen LogP contribution in [-0.2, 0) is 18.2 Å². The molecule has 128 valence electrons. The molecule has 1 aromatic heterocycles. The van der Waals surface area contributed by atoms with Gasteiger partial charge in [0.25, 0.3) is 6.33 Å². The number of unbranched alkanes of at least 4 members (excludes halogenated alkanes) is 9. The van der Waals surface area contributed by atoms with Crippen molar-refractivity contribution in [2.45, 2.75) is 70.8 Å². The van der Waals surface area contributed by atoms with Gasteiger partial charge in [-0.05, 0) is 12.8 Å². The smallest absolute Gasteiger partial charge is 0.324 e. The van der Waals surface area contributed by atoms with Crippen molar-refractivity contribution in [2.75, 3.05) is 6.16 Å². The van der Waals surface area contributed by atoms with Crippen LogP contribution in [-0.4, -0.2) is 25.7 Å². The third kappa shape index (κ3) is 10.9. The molecule has 0 aliphatic carbocycles. The third-order valence-electron chi connectivity index (χ3n) is 3.81. The summed E-state index contributed by atoms with van der Waals surface area (Å²) in [6, 6.07) is 0. The number of rotatable bonds is 13. The SMILES string of the molecule is Cn1c[n+](CCCCCCCCCCCCP(=O)(O)O)cn1. The Morgan fingerprint density at radius 1 is 0.955 bits per heavy atom. The Labute approximate surface area is 133 Å². The van der Waals surface area contributed by atoms with Crippen LogP contribution in [0.15, 0.2) is 12.7 Å². The zero-order chi connectivity index (χ0) is 16.3. The van der Waals surface area contributed by atoms with Crippen molar-refractivity contribution in [1.82, 2.24) is 9.78 Å². The van der Waals surface area contributed by atoms with Crippen molar-refractivity contribution >= 4 is 7.60 Å². The highest BCUT2D eigenvalue weighted by atomic mass is 31.2. The van der Waals surface area contributed by atoms with Gasteiger partial charge in [-0.2, -0.15) is 0 Å². The number of aromatic nitrogens is 3. The van der Waals surface area contributed by atoms with Crippen LogP contribution in [0.2, 0.25) is 0 Å². The van der Waals surface area contributed by atoms with Gasteiger partial charge in [-0.1, -0.05) is 51.4 Å². The van der Waals surface area contributed by atoms with Crippen molar-refractivity contribution in [2.24, 2.45) is 7.05 Å². The van der Waals surface area contributed by atoms with Gasteiger partial charge in [-0.15, -0.1) is 4.68 Å². The topological polar surface area (TPSA) is 79.2 Å². The van der Waals surface area contributed by atoms with Crippen LogP contribution in [0.4, 0.5) is 0 Å². The Morgan fingerprint density at radius 2 is 1.45 bits per heavy atom. The van der Waals surface area contributed by atoms with Crippen LogP contribution < -0.4 is 4.57 Å². The maximum atomic E-state index is 10.7. The van der Waals surface area contributed by atoms with Crippen LogP contribution >= 0.6 is 7.60 Å². The predicted octanol–water partition coefficient (Wildman–Crippen LogP) is 2.79. The first kappa shape index (κ1) is 19.3. The van der Waals surface area contributed by atoms with Crippen LogP contribution in [0.5, 0.6) is 0 Å². The lowest BCUT2D eigenvalue weighted by molar-refractivity contribution is -0.698. The second-order valence-electron chi connectivity index (χ2n) is 6.08. The van der Waals surface area contributed by atoms with E-state index >= 15 is 0 Å². The molecule has 0 unspecified atom stereocenters. The Kier molecular flexibility index (Phi) is 9.60. The zero-order valence-corrected chi connectivity index (χ0v) is 14.6. The van der Waals surface area contributed by atoms with Crippen LogP contribution in [0, 0.1) is 0 Å². The van der Waals surface area contributed by atoms with E-state index in [4.69, 9.17) is 9.79 Å². The summed E-state index contributed by atoms with van der Waals surface area (Å²) in [6.45, 7) is 1.05. The molecule has 0 fully saturated rings. The summed E-state index contributed by atoms with van der Waals surface area (Å²) in [6.07, 6.45) is 15.4. The monoisotopic (exact) mass is 332 g/mol. The molecule has 0 radical (unpaired) electrons. The van der Waals surface area contributed by atoms with E-state index in [9.17, 15) is 4.57 Å². The normalized spacial score (nSPS) is 12.0. The van der Waals surface area contributed by atoms with E-state index in [2.05, 4.69) is 9.67 Å². The lowest BCUT2D eigenvalue weighted by Gasteiger charge is -2.04. The Hall–Kier alpha value is -0.710. The van der Waals surface area contributed by atoms with Gasteiger partial charge in [0.1, 0.15) is 0 Å². The Balaban J connectivity index is 1.79. The van der Waals surface area contributed by atoms with Crippen molar-refractivity contribution in [1.29, 1.82) is 0 Å². The summed E-state index contributed by atoms with van der Waals surface area (Å²) in [5.74, 6) is 0. The largest absolute Gasteiger partial charge is 0.325 e. The van der Waals surface area contributed by atoms with Gasteiger partial charge in [0, 0.05) is 11.3 Å². The van der Waals surface area contributed by atoms with Crippen molar-refractivity contribution in [3.8, 4) is 0 Å². The van der Waals surface area contributed by atoms with E-state index in [1.807, 2.05) is 24.4 Å². The highest BCUT2D eigenvalue weighted by Gasteiger charge is 2.10. The molecule has 1 aromatic rings. The van der Waals surface area contributed by atoms with Gasteiger partial charge in [0.2, 0.25) is 6.33 Å². The summed E-state index contributed by atoms with van der Waals surface area (Å²) < 4.78 is 14.6. The fourth-order valence-corrected chi connectivity index (χ4v) is 3.20. The second kappa shape index (κ2) is 10.9. The third-order valence-corrected chi connectivity index (χ3v) is 4.71. The summed E-state index contributed by atoms with van der Waals surface area (Å²) >= 11 is 0. The van der Waals surface area contributed by atoms with Crippen molar-refractivity contribution in [3.05, 3.63) is 12.7 Å². The van der Waals surface area contributed by atoms with Crippen molar-refractivity contribution in [3.63, 3.8) is 0 Å². The van der Waals surface area contributed by atoms with Gasteiger partial charge >= 0.3 is 7.60 Å². The average Bonchev–Trinajstić information content (AvgIpc) is 2.84. The molecule has 7 heteroatoms. The van der Waals surface area contributed by atoms with Gasteiger partial charge in [-0.3, -0.25) is 4.57 Å². The first-order valence-electron chi connectivity index (χ1n) is 8.40. The van der Waals surface area contributed by atoms with E-state index < -0.39 is 7.60 Å². The lowest BCUT2D eigenvalue weighted by Crippen LogP contribution is -2.30. The number of aryl methyl sites for hydroxylation is 2. The van der Waals surface area contributed by atoms with Crippen LogP contribution in [0.1, 0.15) is 64.2 Å². The minimum Gasteiger partial charge on any atom is -0.324 e. The number of hydrogen-bond donors (Lipinski definition) is 2. The van der Waals surface area contributed by atoms with E-state index in [-0.39, 0.29) is 6.16 Å². The van der Waals surface area contributed by atoms with Crippen LogP contribution in [0.25, 0.3) is 0 Å². The molecule has 1 heterocycles. The molecule has 0 saturated carbocycles. The molecule has 0 aliphatic heterocycles. The highest BCUT2D eigenvalue weighted by Crippen LogP contribution is 2.35. The molecule has 0 aliphatic rings.